The zero-order valence-electron chi connectivity index (χ0n) is 13.1. The Hall–Kier alpha value is -1.16. The summed E-state index contributed by atoms with van der Waals surface area (Å²) in [6.07, 6.45) is 0. The molecular formula is C18H24N2S. The Morgan fingerprint density at radius 1 is 1.00 bits per heavy atom. The predicted octanol–water partition coefficient (Wildman–Crippen LogP) is 3.67. The molecule has 0 saturated carbocycles. The van der Waals surface area contributed by atoms with E-state index in [2.05, 4.69) is 61.3 Å². The number of piperazine rings is 1. The fraction of sp³-hybridized carbons (Fsp3) is 0.444. The Morgan fingerprint density at radius 2 is 1.67 bits per heavy atom. The van der Waals surface area contributed by atoms with E-state index in [0.29, 0.717) is 6.04 Å². The van der Waals surface area contributed by atoms with E-state index in [9.17, 15) is 0 Å². The highest BCUT2D eigenvalue weighted by molar-refractivity contribution is 7.12. The van der Waals surface area contributed by atoms with Gasteiger partial charge in [-0.05, 0) is 38.5 Å². The first-order chi connectivity index (χ1) is 10.1. The molecule has 1 aliphatic heterocycles. The maximum absolute atomic E-state index is 3.46. The van der Waals surface area contributed by atoms with Crippen molar-refractivity contribution in [1.82, 2.24) is 10.2 Å². The molecule has 0 aliphatic carbocycles. The number of hydrogen-bond acceptors (Lipinski definition) is 3. The lowest BCUT2D eigenvalue weighted by Gasteiger charge is -2.35. The molecule has 2 nitrogen and oxygen atoms in total. The molecular weight excluding hydrogens is 276 g/mol. The smallest absolute Gasteiger partial charge is 0.0697 e. The number of benzene rings is 1. The molecule has 21 heavy (non-hydrogen) atoms. The molecule has 1 saturated heterocycles. The summed E-state index contributed by atoms with van der Waals surface area (Å²) in [5.74, 6) is 0. The van der Waals surface area contributed by atoms with Crippen LogP contribution in [0.3, 0.4) is 0 Å². The lowest BCUT2D eigenvalue weighted by Crippen LogP contribution is -2.45. The summed E-state index contributed by atoms with van der Waals surface area (Å²) < 4.78 is 0. The average molecular weight is 300 g/mol. The second-order valence-corrected chi connectivity index (χ2v) is 7.38. The fourth-order valence-corrected chi connectivity index (χ4v) is 4.30. The first kappa shape index (κ1) is 14.8. The summed E-state index contributed by atoms with van der Waals surface area (Å²) in [6, 6.07) is 11.9. The summed E-state index contributed by atoms with van der Waals surface area (Å²) in [6.45, 7) is 11.0. The molecule has 1 atom stereocenters. The zero-order chi connectivity index (χ0) is 14.8. The maximum atomic E-state index is 3.46. The van der Waals surface area contributed by atoms with Gasteiger partial charge < -0.3 is 5.32 Å². The van der Waals surface area contributed by atoms with Crippen LogP contribution >= 0.6 is 11.3 Å². The number of nitrogens with one attached hydrogen (secondary N) is 1. The lowest BCUT2D eigenvalue weighted by atomic mass is 9.98. The monoisotopic (exact) mass is 300 g/mol. The second-order valence-electron chi connectivity index (χ2n) is 6.06. The predicted molar refractivity (Wildman–Crippen MR) is 91.3 cm³/mol. The van der Waals surface area contributed by atoms with Gasteiger partial charge in [0, 0.05) is 35.9 Å². The number of nitrogens with zero attached hydrogens (tertiary/aromatic N) is 1. The largest absolute Gasteiger partial charge is 0.314 e. The summed E-state index contributed by atoms with van der Waals surface area (Å²) in [4.78, 5) is 5.49. The Labute approximate surface area is 131 Å². The first-order valence-electron chi connectivity index (χ1n) is 7.73. The van der Waals surface area contributed by atoms with Crippen molar-refractivity contribution in [3.05, 3.63) is 56.8 Å². The number of hydrogen-bond donors (Lipinski definition) is 1. The van der Waals surface area contributed by atoms with Gasteiger partial charge in [-0.3, -0.25) is 4.90 Å². The maximum Gasteiger partial charge on any atom is 0.0697 e. The van der Waals surface area contributed by atoms with Crippen molar-refractivity contribution >= 4 is 11.3 Å². The van der Waals surface area contributed by atoms with Crippen molar-refractivity contribution in [2.24, 2.45) is 0 Å². The Balaban J connectivity index is 2.02. The Morgan fingerprint density at radius 3 is 2.24 bits per heavy atom. The summed E-state index contributed by atoms with van der Waals surface area (Å²) >= 11 is 1.93. The molecule has 1 aromatic heterocycles. The molecule has 1 unspecified atom stereocenters. The topological polar surface area (TPSA) is 15.3 Å². The van der Waals surface area contributed by atoms with E-state index in [1.165, 1.54) is 26.4 Å². The molecule has 0 spiro atoms. The van der Waals surface area contributed by atoms with Crippen LogP contribution in [0.5, 0.6) is 0 Å². The molecule has 3 rings (SSSR count). The van der Waals surface area contributed by atoms with Crippen LogP contribution in [0.15, 0.2) is 30.3 Å². The van der Waals surface area contributed by atoms with Crippen molar-refractivity contribution < 1.29 is 0 Å². The quantitative estimate of drug-likeness (QED) is 0.930. The summed E-state index contributed by atoms with van der Waals surface area (Å²) in [5.41, 5.74) is 4.16. The normalized spacial score (nSPS) is 17.9. The molecule has 1 fully saturated rings. The van der Waals surface area contributed by atoms with Gasteiger partial charge in [0.15, 0.2) is 0 Å². The number of rotatable bonds is 3. The first-order valence-corrected chi connectivity index (χ1v) is 8.54. The van der Waals surface area contributed by atoms with E-state index in [1.54, 1.807) is 0 Å². The molecule has 1 aliphatic rings. The SMILES string of the molecule is Cc1cc(C)cc(C(c2ccc(C)s2)N2CCNCC2)c1. The van der Waals surface area contributed by atoms with Crippen LogP contribution in [0, 0.1) is 20.8 Å². The van der Waals surface area contributed by atoms with E-state index in [1.807, 2.05) is 11.3 Å². The van der Waals surface area contributed by atoms with Crippen molar-refractivity contribution in [3.63, 3.8) is 0 Å². The van der Waals surface area contributed by atoms with E-state index < -0.39 is 0 Å². The van der Waals surface area contributed by atoms with Gasteiger partial charge in [-0.15, -0.1) is 11.3 Å². The van der Waals surface area contributed by atoms with E-state index in [-0.39, 0.29) is 0 Å². The molecule has 0 bridgehead atoms. The third kappa shape index (κ3) is 3.37. The highest BCUT2D eigenvalue weighted by Gasteiger charge is 2.25. The lowest BCUT2D eigenvalue weighted by molar-refractivity contribution is 0.200. The minimum absolute atomic E-state index is 0.407. The van der Waals surface area contributed by atoms with Gasteiger partial charge in [-0.1, -0.05) is 29.3 Å². The minimum Gasteiger partial charge on any atom is -0.314 e. The molecule has 3 heteroatoms. The van der Waals surface area contributed by atoms with Crippen molar-refractivity contribution in [1.29, 1.82) is 0 Å². The van der Waals surface area contributed by atoms with Crippen molar-refractivity contribution in [3.8, 4) is 0 Å². The van der Waals surface area contributed by atoms with Crippen LogP contribution < -0.4 is 5.32 Å². The number of aryl methyl sites for hydroxylation is 3. The Bertz CT molecular complexity index is 591. The van der Waals surface area contributed by atoms with Crippen LogP contribution in [0.2, 0.25) is 0 Å². The van der Waals surface area contributed by atoms with Gasteiger partial charge in [0.25, 0.3) is 0 Å². The zero-order valence-corrected chi connectivity index (χ0v) is 14.0. The third-order valence-electron chi connectivity index (χ3n) is 4.11. The third-order valence-corrected chi connectivity index (χ3v) is 5.16. The fourth-order valence-electron chi connectivity index (χ4n) is 3.26. The highest BCUT2D eigenvalue weighted by Crippen LogP contribution is 2.34. The second kappa shape index (κ2) is 6.30. The van der Waals surface area contributed by atoms with Crippen LogP contribution in [0.1, 0.15) is 32.5 Å². The molecule has 2 heterocycles. The molecule has 0 radical (unpaired) electrons. The van der Waals surface area contributed by atoms with Gasteiger partial charge in [0.05, 0.1) is 6.04 Å². The number of thiophene rings is 1. The van der Waals surface area contributed by atoms with Gasteiger partial charge in [0.1, 0.15) is 0 Å². The van der Waals surface area contributed by atoms with Crippen LogP contribution in [0.25, 0.3) is 0 Å². The van der Waals surface area contributed by atoms with E-state index >= 15 is 0 Å². The Kier molecular flexibility index (Phi) is 4.43. The van der Waals surface area contributed by atoms with Gasteiger partial charge in [0.2, 0.25) is 0 Å². The van der Waals surface area contributed by atoms with Crippen LogP contribution in [-0.4, -0.2) is 31.1 Å². The van der Waals surface area contributed by atoms with Crippen LogP contribution in [-0.2, 0) is 0 Å². The molecule has 112 valence electrons. The summed E-state index contributed by atoms with van der Waals surface area (Å²) in [7, 11) is 0. The minimum atomic E-state index is 0.407. The summed E-state index contributed by atoms with van der Waals surface area (Å²) in [5, 5.41) is 3.46. The average Bonchev–Trinajstić information content (AvgIpc) is 2.85. The van der Waals surface area contributed by atoms with Crippen molar-refractivity contribution in [2.45, 2.75) is 26.8 Å². The van der Waals surface area contributed by atoms with Gasteiger partial charge in [-0.2, -0.15) is 0 Å². The molecule has 0 amide bonds. The van der Waals surface area contributed by atoms with E-state index in [0.717, 1.165) is 26.2 Å². The van der Waals surface area contributed by atoms with Crippen LogP contribution in [0.4, 0.5) is 0 Å². The van der Waals surface area contributed by atoms with Crippen molar-refractivity contribution in [2.75, 3.05) is 26.2 Å². The van der Waals surface area contributed by atoms with Gasteiger partial charge >= 0.3 is 0 Å². The standard InChI is InChI=1S/C18H24N2S/c1-13-10-14(2)12-16(11-13)18(17-5-4-15(3)21-17)20-8-6-19-7-9-20/h4-5,10-12,18-19H,6-9H2,1-3H3. The van der Waals surface area contributed by atoms with E-state index in [4.69, 9.17) is 0 Å². The molecule has 1 aromatic carbocycles. The van der Waals surface area contributed by atoms with Gasteiger partial charge in [-0.25, -0.2) is 0 Å². The molecule has 1 N–H and O–H groups in total. The molecule has 2 aromatic rings. The highest BCUT2D eigenvalue weighted by atomic mass is 32.1.